The third-order valence-corrected chi connectivity index (χ3v) is 2.81. The molecular weight excluding hydrogens is 295 g/mol. The summed E-state index contributed by atoms with van der Waals surface area (Å²) < 4.78 is 26.3. The Bertz CT molecular complexity index is 659. The highest BCUT2D eigenvalue weighted by Gasteiger charge is 2.07. The molecular formula is C13H7Cl2F2NO. The van der Waals surface area contributed by atoms with Gasteiger partial charge in [-0.2, -0.15) is 0 Å². The smallest absolute Gasteiger partial charge is 0.149 e. The van der Waals surface area contributed by atoms with E-state index in [1.165, 1.54) is 12.1 Å². The molecule has 0 saturated carbocycles. The van der Waals surface area contributed by atoms with Crippen molar-refractivity contribution in [3.05, 3.63) is 57.6 Å². The number of benzene rings is 2. The van der Waals surface area contributed by atoms with Crippen LogP contribution >= 0.6 is 23.2 Å². The monoisotopic (exact) mass is 301 g/mol. The normalized spacial score (nSPS) is 11.2. The molecule has 0 amide bonds. The number of hydrogen-bond acceptors (Lipinski definition) is 2. The topological polar surface area (TPSA) is 32.6 Å². The Hall–Kier alpha value is -1.65. The number of hydrogen-bond donors (Lipinski definition) is 1. The van der Waals surface area contributed by atoms with Crippen LogP contribution in [0.3, 0.4) is 0 Å². The van der Waals surface area contributed by atoms with Crippen molar-refractivity contribution in [2.24, 2.45) is 4.99 Å². The Labute approximate surface area is 117 Å². The van der Waals surface area contributed by atoms with Crippen LogP contribution in [0.15, 0.2) is 35.3 Å². The van der Waals surface area contributed by atoms with Crippen LogP contribution in [0.25, 0.3) is 0 Å². The van der Waals surface area contributed by atoms with Gasteiger partial charge in [-0.3, -0.25) is 4.99 Å². The van der Waals surface area contributed by atoms with Crippen molar-refractivity contribution in [3.63, 3.8) is 0 Å². The molecule has 0 unspecified atom stereocenters. The zero-order chi connectivity index (χ0) is 14.0. The molecule has 2 nitrogen and oxygen atoms in total. The lowest BCUT2D eigenvalue weighted by atomic mass is 10.2. The number of aliphatic imine (C=N–C) groups is 1. The van der Waals surface area contributed by atoms with Crippen LogP contribution < -0.4 is 0 Å². The third-order valence-electron chi connectivity index (χ3n) is 2.31. The Morgan fingerprint density at radius 2 is 1.84 bits per heavy atom. The number of phenols is 1. The maximum atomic E-state index is 13.3. The third kappa shape index (κ3) is 3.22. The van der Waals surface area contributed by atoms with E-state index in [2.05, 4.69) is 4.99 Å². The van der Waals surface area contributed by atoms with Crippen molar-refractivity contribution < 1.29 is 13.9 Å². The summed E-state index contributed by atoms with van der Waals surface area (Å²) in [6.07, 6.45) is 1.16. The van der Waals surface area contributed by atoms with E-state index < -0.39 is 11.6 Å². The van der Waals surface area contributed by atoms with Gasteiger partial charge in [0.2, 0.25) is 0 Å². The molecule has 0 atom stereocenters. The van der Waals surface area contributed by atoms with E-state index in [0.29, 0.717) is 5.02 Å². The molecule has 0 aliphatic carbocycles. The van der Waals surface area contributed by atoms with Crippen LogP contribution in [0.5, 0.6) is 5.75 Å². The molecule has 0 aliphatic rings. The molecule has 1 N–H and O–H groups in total. The average molecular weight is 302 g/mol. The van der Waals surface area contributed by atoms with Crippen LogP contribution in [0.1, 0.15) is 5.56 Å². The Morgan fingerprint density at radius 1 is 1.11 bits per heavy atom. The first kappa shape index (κ1) is 13.8. The van der Waals surface area contributed by atoms with Crippen LogP contribution in [0, 0.1) is 11.6 Å². The van der Waals surface area contributed by atoms with Gasteiger partial charge in [-0.15, -0.1) is 0 Å². The lowest BCUT2D eigenvalue weighted by molar-refractivity contribution is 0.475. The maximum absolute atomic E-state index is 13.3. The molecule has 0 saturated heterocycles. The molecule has 2 rings (SSSR count). The minimum Gasteiger partial charge on any atom is -0.506 e. The minimum absolute atomic E-state index is 0.0497. The fourth-order valence-corrected chi connectivity index (χ4v) is 1.92. The number of phenolic OH excluding ortho intramolecular Hbond substituents is 1. The lowest BCUT2D eigenvalue weighted by Crippen LogP contribution is -1.85. The summed E-state index contributed by atoms with van der Waals surface area (Å²) in [4.78, 5) is 3.76. The maximum Gasteiger partial charge on any atom is 0.149 e. The summed E-state index contributed by atoms with van der Waals surface area (Å²) in [6, 6.07) is 5.66. The Kier molecular flexibility index (Phi) is 4.02. The van der Waals surface area contributed by atoms with E-state index in [9.17, 15) is 13.9 Å². The van der Waals surface area contributed by atoms with E-state index in [1.54, 1.807) is 0 Å². The van der Waals surface area contributed by atoms with E-state index in [1.807, 2.05) is 0 Å². The fraction of sp³-hybridized carbons (Fsp3) is 0. The molecule has 19 heavy (non-hydrogen) atoms. The predicted molar refractivity (Wildman–Crippen MR) is 71.7 cm³/mol. The molecule has 2 aromatic carbocycles. The van der Waals surface area contributed by atoms with Crippen LogP contribution in [-0.4, -0.2) is 11.3 Å². The quantitative estimate of drug-likeness (QED) is 0.799. The summed E-state index contributed by atoms with van der Waals surface area (Å²) in [5.41, 5.74) is 0.0247. The average Bonchev–Trinajstić information content (AvgIpc) is 2.35. The van der Waals surface area contributed by atoms with Gasteiger partial charge in [-0.25, -0.2) is 8.78 Å². The SMILES string of the molecule is Oc1c(Cl)cc(Cl)cc1C=Nc1cc(F)ccc1F. The molecule has 0 bridgehead atoms. The fourth-order valence-electron chi connectivity index (χ4n) is 1.41. The second-order valence-electron chi connectivity index (χ2n) is 3.68. The molecule has 0 spiro atoms. The Morgan fingerprint density at radius 3 is 2.58 bits per heavy atom. The molecule has 0 fully saturated rings. The standard InChI is InChI=1S/C13H7Cl2F2NO/c14-8-3-7(13(19)10(15)4-8)6-18-12-5-9(16)1-2-11(12)17/h1-6,19H. The van der Waals surface area contributed by atoms with Crippen LogP contribution in [0.4, 0.5) is 14.5 Å². The Balaban J connectivity index is 2.40. The first-order valence-electron chi connectivity index (χ1n) is 5.14. The number of halogens is 4. The van der Waals surface area contributed by atoms with E-state index in [-0.39, 0.29) is 22.0 Å². The van der Waals surface area contributed by atoms with Crippen molar-refractivity contribution in [2.45, 2.75) is 0 Å². The highest BCUT2D eigenvalue weighted by Crippen LogP contribution is 2.30. The second-order valence-corrected chi connectivity index (χ2v) is 4.52. The van der Waals surface area contributed by atoms with Gasteiger partial charge < -0.3 is 5.11 Å². The minimum atomic E-state index is -0.676. The van der Waals surface area contributed by atoms with E-state index in [4.69, 9.17) is 23.2 Å². The van der Waals surface area contributed by atoms with Crippen molar-refractivity contribution >= 4 is 35.1 Å². The van der Waals surface area contributed by atoms with Crippen molar-refractivity contribution in [2.75, 3.05) is 0 Å². The zero-order valence-corrected chi connectivity index (χ0v) is 10.9. The molecule has 0 radical (unpaired) electrons. The van der Waals surface area contributed by atoms with Crippen molar-refractivity contribution in [1.29, 1.82) is 0 Å². The molecule has 6 heteroatoms. The lowest BCUT2D eigenvalue weighted by Gasteiger charge is -2.02. The molecule has 0 aliphatic heterocycles. The van der Waals surface area contributed by atoms with Crippen LogP contribution in [0.2, 0.25) is 10.0 Å². The first-order chi connectivity index (χ1) is 8.97. The number of nitrogens with zero attached hydrogens (tertiary/aromatic N) is 1. The predicted octanol–water partition coefficient (Wildman–Crippen LogP) is 4.73. The summed E-state index contributed by atoms with van der Waals surface area (Å²) in [5.74, 6) is -1.52. The number of aromatic hydroxyl groups is 1. The highest BCUT2D eigenvalue weighted by molar-refractivity contribution is 6.36. The number of rotatable bonds is 2. The largest absolute Gasteiger partial charge is 0.506 e. The highest BCUT2D eigenvalue weighted by atomic mass is 35.5. The van der Waals surface area contributed by atoms with Gasteiger partial charge in [0.05, 0.1) is 5.02 Å². The van der Waals surface area contributed by atoms with Gasteiger partial charge >= 0.3 is 0 Å². The van der Waals surface area contributed by atoms with Gasteiger partial charge in [0.1, 0.15) is 23.1 Å². The van der Waals surface area contributed by atoms with Gasteiger partial charge in [-0.05, 0) is 24.3 Å². The van der Waals surface area contributed by atoms with Gasteiger partial charge in [0.15, 0.2) is 0 Å². The van der Waals surface area contributed by atoms with Crippen molar-refractivity contribution in [1.82, 2.24) is 0 Å². The summed E-state index contributed by atoms with van der Waals surface area (Å²) in [6.45, 7) is 0. The summed E-state index contributed by atoms with van der Waals surface area (Å²) in [7, 11) is 0. The van der Waals surface area contributed by atoms with Gasteiger partial charge in [0.25, 0.3) is 0 Å². The second kappa shape index (κ2) is 5.55. The van der Waals surface area contributed by atoms with Crippen LogP contribution in [-0.2, 0) is 0 Å². The summed E-state index contributed by atoms with van der Waals surface area (Å²) >= 11 is 11.5. The van der Waals surface area contributed by atoms with E-state index in [0.717, 1.165) is 24.4 Å². The summed E-state index contributed by atoms with van der Waals surface area (Å²) in [5, 5.41) is 10.0. The van der Waals surface area contributed by atoms with E-state index >= 15 is 0 Å². The van der Waals surface area contributed by atoms with Gasteiger partial charge in [0, 0.05) is 22.9 Å². The first-order valence-corrected chi connectivity index (χ1v) is 5.90. The van der Waals surface area contributed by atoms with Gasteiger partial charge in [-0.1, -0.05) is 23.2 Å². The molecule has 0 heterocycles. The zero-order valence-electron chi connectivity index (χ0n) is 9.37. The van der Waals surface area contributed by atoms with Crippen molar-refractivity contribution in [3.8, 4) is 5.75 Å². The molecule has 0 aromatic heterocycles. The molecule has 98 valence electrons. The molecule has 2 aromatic rings.